The number of aryl methyl sites for hydroxylation is 1. The highest BCUT2D eigenvalue weighted by molar-refractivity contribution is 7.91. The summed E-state index contributed by atoms with van der Waals surface area (Å²) in [6.07, 6.45) is -0.205. The van der Waals surface area contributed by atoms with Gasteiger partial charge in [-0.3, -0.25) is 4.79 Å². The van der Waals surface area contributed by atoms with E-state index in [-0.39, 0.29) is 22.8 Å². The molecule has 0 spiro atoms. The van der Waals surface area contributed by atoms with E-state index in [2.05, 4.69) is 10.5 Å². The van der Waals surface area contributed by atoms with E-state index in [1.807, 2.05) is 0 Å². The van der Waals surface area contributed by atoms with Crippen molar-refractivity contribution in [2.45, 2.75) is 18.2 Å². The Bertz CT molecular complexity index is 1140. The van der Waals surface area contributed by atoms with Gasteiger partial charge in [-0.05, 0) is 49.4 Å². The molecule has 0 aliphatic rings. The number of methoxy groups -OCH3 is 2. The van der Waals surface area contributed by atoms with Gasteiger partial charge in [0.15, 0.2) is 15.6 Å². The van der Waals surface area contributed by atoms with Crippen molar-refractivity contribution in [2.24, 2.45) is 0 Å². The normalized spacial score (nSPS) is 11.2. The van der Waals surface area contributed by atoms with Gasteiger partial charge in [-0.25, -0.2) is 8.42 Å². The second-order valence-electron chi connectivity index (χ2n) is 6.54. The summed E-state index contributed by atoms with van der Waals surface area (Å²) in [5, 5.41) is 6.49. The number of amides is 1. The molecule has 1 aromatic heterocycles. The van der Waals surface area contributed by atoms with Gasteiger partial charge in [0.2, 0.25) is 5.91 Å². The first kappa shape index (κ1) is 21.4. The van der Waals surface area contributed by atoms with E-state index < -0.39 is 15.7 Å². The third-order valence-corrected chi connectivity index (χ3v) is 6.11. The van der Waals surface area contributed by atoms with Crippen molar-refractivity contribution in [3.8, 4) is 22.8 Å². The third-order valence-electron chi connectivity index (χ3n) is 4.38. The van der Waals surface area contributed by atoms with Gasteiger partial charge in [0.1, 0.15) is 16.4 Å². The lowest BCUT2D eigenvalue weighted by Crippen LogP contribution is -2.18. The standard InChI is InChI=1S/C21H22N2O6S/c1-14-12-19(29-23-14)15-4-9-18(28-3)20(13-15)30(25,26)11-10-21(24)22-16-5-7-17(27-2)8-6-16/h4-9,12-13H,10-11H2,1-3H3,(H,22,24). The van der Waals surface area contributed by atoms with Gasteiger partial charge in [-0.15, -0.1) is 0 Å². The monoisotopic (exact) mass is 430 g/mol. The number of carbonyl (C=O) groups is 1. The predicted octanol–water partition coefficient (Wildman–Crippen LogP) is 3.47. The molecule has 8 nitrogen and oxygen atoms in total. The number of ether oxygens (including phenoxy) is 2. The molecule has 30 heavy (non-hydrogen) atoms. The Balaban J connectivity index is 1.74. The van der Waals surface area contributed by atoms with Crippen LogP contribution in [0.25, 0.3) is 11.3 Å². The van der Waals surface area contributed by atoms with Crippen LogP contribution < -0.4 is 14.8 Å². The van der Waals surface area contributed by atoms with E-state index >= 15 is 0 Å². The largest absolute Gasteiger partial charge is 0.497 e. The lowest BCUT2D eigenvalue weighted by atomic mass is 10.1. The van der Waals surface area contributed by atoms with Crippen LogP contribution in [-0.4, -0.2) is 39.5 Å². The first-order valence-corrected chi connectivity index (χ1v) is 10.8. The number of hydrogen-bond donors (Lipinski definition) is 1. The van der Waals surface area contributed by atoms with Crippen LogP contribution in [0.4, 0.5) is 5.69 Å². The van der Waals surface area contributed by atoms with Crippen molar-refractivity contribution in [3.05, 3.63) is 54.2 Å². The lowest BCUT2D eigenvalue weighted by molar-refractivity contribution is -0.115. The van der Waals surface area contributed by atoms with Gasteiger partial charge in [-0.2, -0.15) is 0 Å². The van der Waals surface area contributed by atoms with Crippen LogP contribution in [0, 0.1) is 6.92 Å². The quantitative estimate of drug-likeness (QED) is 0.583. The van der Waals surface area contributed by atoms with Crippen molar-refractivity contribution in [1.82, 2.24) is 5.16 Å². The van der Waals surface area contributed by atoms with Crippen LogP contribution in [-0.2, 0) is 14.6 Å². The number of carbonyl (C=O) groups excluding carboxylic acids is 1. The fraction of sp³-hybridized carbons (Fsp3) is 0.238. The van der Waals surface area contributed by atoms with Crippen molar-refractivity contribution < 1.29 is 27.2 Å². The van der Waals surface area contributed by atoms with E-state index in [1.165, 1.54) is 13.2 Å². The molecule has 2 aromatic carbocycles. The second-order valence-corrected chi connectivity index (χ2v) is 8.62. The zero-order chi connectivity index (χ0) is 21.7. The zero-order valence-corrected chi connectivity index (χ0v) is 17.7. The highest BCUT2D eigenvalue weighted by Crippen LogP contribution is 2.31. The molecule has 0 radical (unpaired) electrons. The van der Waals surface area contributed by atoms with Gasteiger partial charge >= 0.3 is 0 Å². The van der Waals surface area contributed by atoms with Crippen molar-refractivity contribution in [3.63, 3.8) is 0 Å². The molecule has 0 fully saturated rings. The van der Waals surface area contributed by atoms with E-state index in [0.717, 1.165) is 0 Å². The van der Waals surface area contributed by atoms with Crippen molar-refractivity contribution >= 4 is 21.4 Å². The minimum Gasteiger partial charge on any atom is -0.497 e. The molecule has 0 atom stereocenters. The molecule has 0 saturated heterocycles. The Morgan fingerprint density at radius 2 is 1.80 bits per heavy atom. The van der Waals surface area contributed by atoms with Gasteiger partial charge in [0.05, 0.1) is 25.7 Å². The number of nitrogens with one attached hydrogen (secondary N) is 1. The maximum Gasteiger partial charge on any atom is 0.225 e. The van der Waals surface area contributed by atoms with Crippen LogP contribution in [0.5, 0.6) is 11.5 Å². The summed E-state index contributed by atoms with van der Waals surface area (Å²) in [6, 6.07) is 13.2. The highest BCUT2D eigenvalue weighted by Gasteiger charge is 2.22. The molecule has 158 valence electrons. The Kier molecular flexibility index (Phi) is 6.41. The SMILES string of the molecule is COc1ccc(NC(=O)CCS(=O)(=O)c2cc(-c3cc(C)no3)ccc2OC)cc1. The van der Waals surface area contributed by atoms with E-state index in [1.54, 1.807) is 56.5 Å². The van der Waals surface area contributed by atoms with Gasteiger partial charge in [0.25, 0.3) is 0 Å². The van der Waals surface area contributed by atoms with E-state index in [0.29, 0.717) is 28.5 Å². The summed E-state index contributed by atoms with van der Waals surface area (Å²) < 4.78 is 41.3. The summed E-state index contributed by atoms with van der Waals surface area (Å²) in [5.74, 6) is 0.521. The summed E-state index contributed by atoms with van der Waals surface area (Å²) in [6.45, 7) is 1.77. The molecule has 1 heterocycles. The molecule has 1 amide bonds. The van der Waals surface area contributed by atoms with Crippen LogP contribution in [0.15, 0.2) is 57.9 Å². The summed E-state index contributed by atoms with van der Waals surface area (Å²) >= 11 is 0. The molecule has 0 saturated carbocycles. The van der Waals surface area contributed by atoms with E-state index in [9.17, 15) is 13.2 Å². The smallest absolute Gasteiger partial charge is 0.225 e. The molecule has 3 rings (SSSR count). The van der Waals surface area contributed by atoms with E-state index in [4.69, 9.17) is 14.0 Å². The summed E-state index contributed by atoms with van der Waals surface area (Å²) in [7, 11) is -0.854. The first-order valence-electron chi connectivity index (χ1n) is 9.11. The summed E-state index contributed by atoms with van der Waals surface area (Å²) in [5.41, 5.74) is 1.79. The number of anilines is 1. The van der Waals surface area contributed by atoms with Crippen LogP contribution >= 0.6 is 0 Å². The van der Waals surface area contributed by atoms with Gasteiger partial charge in [-0.1, -0.05) is 5.16 Å². The van der Waals surface area contributed by atoms with Crippen LogP contribution in [0.2, 0.25) is 0 Å². The van der Waals surface area contributed by atoms with Gasteiger partial charge < -0.3 is 19.3 Å². The minimum absolute atomic E-state index is 0.00574. The van der Waals surface area contributed by atoms with Crippen molar-refractivity contribution in [1.29, 1.82) is 0 Å². The Hall–Kier alpha value is -3.33. The number of nitrogens with zero attached hydrogens (tertiary/aromatic N) is 1. The highest BCUT2D eigenvalue weighted by atomic mass is 32.2. The van der Waals surface area contributed by atoms with Gasteiger partial charge in [0, 0.05) is 23.7 Å². The zero-order valence-electron chi connectivity index (χ0n) is 16.8. The second kappa shape index (κ2) is 9.00. The molecular formula is C21H22N2O6S. The fourth-order valence-electron chi connectivity index (χ4n) is 2.81. The predicted molar refractivity (Wildman–Crippen MR) is 112 cm³/mol. The lowest BCUT2D eigenvalue weighted by Gasteiger charge is -2.11. The topological polar surface area (TPSA) is 108 Å². The first-order chi connectivity index (χ1) is 14.3. The molecule has 9 heteroatoms. The average Bonchev–Trinajstić information content (AvgIpc) is 3.19. The number of aromatic nitrogens is 1. The number of hydrogen-bond acceptors (Lipinski definition) is 7. The van der Waals surface area contributed by atoms with Crippen LogP contribution in [0.3, 0.4) is 0 Å². The van der Waals surface area contributed by atoms with Crippen LogP contribution in [0.1, 0.15) is 12.1 Å². The van der Waals surface area contributed by atoms with Crippen molar-refractivity contribution in [2.75, 3.05) is 25.3 Å². The number of sulfone groups is 1. The molecule has 0 unspecified atom stereocenters. The average molecular weight is 430 g/mol. The molecule has 3 aromatic rings. The maximum absolute atomic E-state index is 12.9. The number of rotatable bonds is 8. The Labute approximate surface area is 174 Å². The molecule has 0 aliphatic heterocycles. The minimum atomic E-state index is -3.79. The molecule has 0 aliphatic carbocycles. The Morgan fingerprint density at radius 1 is 1.07 bits per heavy atom. The molecule has 1 N–H and O–H groups in total. The Morgan fingerprint density at radius 3 is 2.40 bits per heavy atom. The molecule has 0 bridgehead atoms. The fourth-order valence-corrected chi connectivity index (χ4v) is 4.25. The molecular weight excluding hydrogens is 408 g/mol. The maximum atomic E-state index is 12.9. The summed E-state index contributed by atoms with van der Waals surface area (Å²) in [4.78, 5) is 12.2. The third kappa shape index (κ3) is 4.98. The number of benzene rings is 2.